The van der Waals surface area contributed by atoms with Gasteiger partial charge in [0, 0.05) is 25.4 Å². The first-order valence-corrected chi connectivity index (χ1v) is 11.3. The Morgan fingerprint density at radius 1 is 1.19 bits per heavy atom. The molecule has 8 nitrogen and oxygen atoms in total. The van der Waals surface area contributed by atoms with Gasteiger partial charge in [-0.3, -0.25) is 4.90 Å². The monoisotopic (exact) mass is 448 g/mol. The van der Waals surface area contributed by atoms with Crippen molar-refractivity contribution in [1.29, 1.82) is 0 Å². The molecule has 2 heterocycles. The van der Waals surface area contributed by atoms with Gasteiger partial charge >= 0.3 is 0 Å². The Balaban J connectivity index is 1.69. The van der Waals surface area contributed by atoms with Gasteiger partial charge in [0.25, 0.3) is 0 Å². The number of methoxy groups -OCH3 is 3. The number of ether oxygens (including phenoxy) is 4. The molecular formula is C22H32N4O4S. The number of thioether (sulfide) groups is 1. The molecule has 1 aliphatic heterocycles. The largest absolute Gasteiger partial charge is 0.493 e. The van der Waals surface area contributed by atoms with E-state index in [-0.39, 0.29) is 0 Å². The lowest BCUT2D eigenvalue weighted by atomic mass is 10.1. The standard InChI is InChI=1S/C22H32N4O4S/c1-6-9-26-20(23-24-22(26)31-15-17-8-7-10-30-17)14-25(2)13-16-11-18(27-3)21(29-5)19(12-16)28-4/h6,11-12,17H,1,7-10,13-15H2,2-5H3/t17-/m0/s1. The van der Waals surface area contributed by atoms with Crippen LogP contribution >= 0.6 is 11.8 Å². The molecule has 0 spiro atoms. The van der Waals surface area contributed by atoms with Crippen LogP contribution < -0.4 is 14.2 Å². The highest BCUT2D eigenvalue weighted by Gasteiger charge is 2.20. The maximum absolute atomic E-state index is 5.73. The minimum atomic E-state index is 0.310. The van der Waals surface area contributed by atoms with Gasteiger partial charge in [0.2, 0.25) is 5.75 Å². The quantitative estimate of drug-likeness (QED) is 0.361. The van der Waals surface area contributed by atoms with Crippen molar-refractivity contribution < 1.29 is 18.9 Å². The highest BCUT2D eigenvalue weighted by atomic mass is 32.2. The number of rotatable bonds is 12. The lowest BCUT2D eigenvalue weighted by Crippen LogP contribution is -2.20. The van der Waals surface area contributed by atoms with Crippen LogP contribution in [0, 0.1) is 0 Å². The summed E-state index contributed by atoms with van der Waals surface area (Å²) in [7, 11) is 6.90. The topological polar surface area (TPSA) is 70.9 Å². The van der Waals surface area contributed by atoms with E-state index >= 15 is 0 Å². The average Bonchev–Trinajstić information content (AvgIpc) is 3.42. The van der Waals surface area contributed by atoms with Crippen molar-refractivity contribution >= 4 is 11.8 Å². The third kappa shape index (κ3) is 5.93. The maximum Gasteiger partial charge on any atom is 0.203 e. The number of nitrogens with zero attached hydrogens (tertiary/aromatic N) is 4. The van der Waals surface area contributed by atoms with Crippen LogP contribution in [0.15, 0.2) is 29.9 Å². The van der Waals surface area contributed by atoms with Crippen LogP contribution in [0.4, 0.5) is 0 Å². The molecule has 0 bridgehead atoms. The molecule has 170 valence electrons. The van der Waals surface area contributed by atoms with Crippen LogP contribution in [-0.4, -0.2) is 66.5 Å². The minimum absolute atomic E-state index is 0.310. The third-order valence-electron chi connectivity index (χ3n) is 5.12. The Labute approximate surface area is 188 Å². The predicted octanol–water partition coefficient (Wildman–Crippen LogP) is 3.39. The van der Waals surface area contributed by atoms with Crippen molar-refractivity contribution in [2.75, 3.05) is 40.7 Å². The van der Waals surface area contributed by atoms with Crippen molar-refractivity contribution in [3.63, 3.8) is 0 Å². The molecule has 1 saturated heterocycles. The molecule has 2 aromatic rings. The Morgan fingerprint density at radius 2 is 1.94 bits per heavy atom. The molecule has 31 heavy (non-hydrogen) atoms. The summed E-state index contributed by atoms with van der Waals surface area (Å²) in [5, 5.41) is 9.78. The zero-order chi connectivity index (χ0) is 22.2. The Morgan fingerprint density at radius 3 is 2.52 bits per heavy atom. The van der Waals surface area contributed by atoms with E-state index in [0.29, 0.717) is 43.0 Å². The van der Waals surface area contributed by atoms with Gasteiger partial charge in [-0.15, -0.1) is 16.8 Å². The van der Waals surface area contributed by atoms with Crippen LogP contribution in [0.3, 0.4) is 0 Å². The van der Waals surface area contributed by atoms with Crippen LogP contribution in [-0.2, 0) is 24.4 Å². The zero-order valence-corrected chi connectivity index (χ0v) is 19.6. The van der Waals surface area contributed by atoms with E-state index in [4.69, 9.17) is 18.9 Å². The number of hydrogen-bond acceptors (Lipinski definition) is 8. The fraction of sp³-hybridized carbons (Fsp3) is 0.545. The van der Waals surface area contributed by atoms with Crippen LogP contribution in [0.2, 0.25) is 0 Å². The Kier molecular flexibility index (Phi) is 8.62. The molecule has 1 aliphatic rings. The van der Waals surface area contributed by atoms with E-state index in [0.717, 1.165) is 41.7 Å². The summed E-state index contributed by atoms with van der Waals surface area (Å²) in [5.74, 6) is 3.69. The molecule has 1 atom stereocenters. The van der Waals surface area contributed by atoms with Crippen molar-refractivity contribution in [3.05, 3.63) is 36.2 Å². The second-order valence-electron chi connectivity index (χ2n) is 7.45. The molecular weight excluding hydrogens is 416 g/mol. The van der Waals surface area contributed by atoms with E-state index in [1.807, 2.05) is 18.2 Å². The lowest BCUT2D eigenvalue weighted by Gasteiger charge is -2.19. The first kappa shape index (κ1) is 23.4. The predicted molar refractivity (Wildman–Crippen MR) is 121 cm³/mol. The molecule has 0 N–H and O–H groups in total. The summed E-state index contributed by atoms with van der Waals surface area (Å²) >= 11 is 1.70. The number of aromatic nitrogens is 3. The maximum atomic E-state index is 5.73. The van der Waals surface area contributed by atoms with Crippen molar-refractivity contribution in [2.24, 2.45) is 0 Å². The highest BCUT2D eigenvalue weighted by molar-refractivity contribution is 7.99. The smallest absolute Gasteiger partial charge is 0.203 e. The molecule has 0 saturated carbocycles. The molecule has 0 aliphatic carbocycles. The summed E-state index contributed by atoms with van der Waals surface area (Å²) in [6, 6.07) is 3.93. The van der Waals surface area contributed by atoms with Gasteiger partial charge in [-0.25, -0.2) is 0 Å². The zero-order valence-electron chi connectivity index (χ0n) is 18.8. The Hall–Kier alpha value is -2.23. The van der Waals surface area contributed by atoms with Crippen molar-refractivity contribution in [1.82, 2.24) is 19.7 Å². The van der Waals surface area contributed by atoms with E-state index < -0.39 is 0 Å². The van der Waals surface area contributed by atoms with Gasteiger partial charge in [-0.2, -0.15) is 0 Å². The Bertz CT molecular complexity index is 842. The summed E-state index contributed by atoms with van der Waals surface area (Å²) in [6.07, 6.45) is 4.45. The molecule has 1 fully saturated rings. The highest BCUT2D eigenvalue weighted by Crippen LogP contribution is 2.38. The van der Waals surface area contributed by atoms with E-state index in [2.05, 4.69) is 33.3 Å². The number of allylic oxidation sites excluding steroid dienone is 1. The molecule has 9 heteroatoms. The van der Waals surface area contributed by atoms with Crippen molar-refractivity contribution in [3.8, 4) is 17.2 Å². The normalized spacial score (nSPS) is 16.0. The van der Waals surface area contributed by atoms with Gasteiger partial charge < -0.3 is 23.5 Å². The SMILES string of the molecule is C=CCn1c(CN(C)Cc2cc(OC)c(OC)c(OC)c2)nnc1SC[C@@H]1CCCO1. The first-order valence-electron chi connectivity index (χ1n) is 10.3. The third-order valence-corrected chi connectivity index (χ3v) is 6.21. The average molecular weight is 449 g/mol. The second kappa shape index (κ2) is 11.4. The molecule has 0 unspecified atom stereocenters. The summed E-state index contributed by atoms with van der Waals surface area (Å²) in [6.45, 7) is 6.77. The molecule has 0 amide bonds. The van der Waals surface area contributed by atoms with Crippen LogP contribution in [0.25, 0.3) is 0 Å². The number of hydrogen-bond donors (Lipinski definition) is 0. The molecule has 0 radical (unpaired) electrons. The second-order valence-corrected chi connectivity index (χ2v) is 8.44. The van der Waals surface area contributed by atoms with E-state index in [9.17, 15) is 0 Å². The number of benzene rings is 1. The van der Waals surface area contributed by atoms with Gasteiger partial charge in [-0.1, -0.05) is 17.8 Å². The molecule has 3 rings (SSSR count). The minimum Gasteiger partial charge on any atom is -0.493 e. The molecule has 1 aromatic carbocycles. The van der Waals surface area contributed by atoms with Gasteiger partial charge in [0.1, 0.15) is 5.82 Å². The summed E-state index contributed by atoms with van der Waals surface area (Å²) in [5.41, 5.74) is 1.06. The molecule has 1 aromatic heterocycles. The van der Waals surface area contributed by atoms with E-state index in [1.54, 1.807) is 33.1 Å². The van der Waals surface area contributed by atoms with Gasteiger partial charge in [-0.05, 0) is 37.6 Å². The summed E-state index contributed by atoms with van der Waals surface area (Å²) in [4.78, 5) is 2.18. The van der Waals surface area contributed by atoms with Gasteiger partial charge in [0.15, 0.2) is 16.7 Å². The van der Waals surface area contributed by atoms with Crippen LogP contribution in [0.1, 0.15) is 24.2 Å². The first-order chi connectivity index (χ1) is 15.1. The summed E-state index contributed by atoms with van der Waals surface area (Å²) < 4.78 is 24.2. The van der Waals surface area contributed by atoms with Crippen LogP contribution in [0.5, 0.6) is 17.2 Å². The van der Waals surface area contributed by atoms with E-state index in [1.165, 1.54) is 0 Å². The fourth-order valence-corrected chi connectivity index (χ4v) is 4.67. The van der Waals surface area contributed by atoms with Gasteiger partial charge in [0.05, 0.1) is 34.0 Å². The lowest BCUT2D eigenvalue weighted by molar-refractivity contribution is 0.129. The van der Waals surface area contributed by atoms with Crippen molar-refractivity contribution in [2.45, 2.75) is 43.7 Å². The fourth-order valence-electron chi connectivity index (χ4n) is 3.63.